The second-order valence-corrected chi connectivity index (χ2v) is 6.18. The van der Waals surface area contributed by atoms with Crippen LogP contribution in [0.25, 0.3) is 0 Å². The molecule has 2 rings (SSSR count). The number of likely N-dealkylation sites (N-methyl/N-ethyl adjacent to an activating group) is 1. The number of carbonyl (C=O) groups excluding carboxylic acids is 1. The van der Waals surface area contributed by atoms with Gasteiger partial charge in [-0.2, -0.15) is 0 Å². The standard InChI is InChI=1S/C18H28N2O2.ClH/c1-20(12-6-5-9-15-7-3-2-4-8-15)18(21)17(19)16-10-13-22-14-11-16;/h2-4,7-8,16-17H,5-6,9-14,19H2,1H3;1H. The average Bonchev–Trinajstić information content (AvgIpc) is 2.59. The van der Waals surface area contributed by atoms with Crippen molar-refractivity contribution in [2.75, 3.05) is 26.8 Å². The molecule has 23 heavy (non-hydrogen) atoms. The van der Waals surface area contributed by atoms with Crippen molar-refractivity contribution in [1.29, 1.82) is 0 Å². The third kappa shape index (κ3) is 6.50. The number of aryl methyl sites for hydroxylation is 1. The van der Waals surface area contributed by atoms with Gasteiger partial charge < -0.3 is 15.4 Å². The molecule has 0 saturated carbocycles. The van der Waals surface area contributed by atoms with Crippen LogP contribution in [-0.4, -0.2) is 43.7 Å². The molecule has 1 fully saturated rings. The fraction of sp³-hybridized carbons (Fsp3) is 0.611. The fourth-order valence-corrected chi connectivity index (χ4v) is 2.96. The predicted octanol–water partition coefficient (Wildman–Crippen LogP) is 2.64. The summed E-state index contributed by atoms with van der Waals surface area (Å²) in [5.41, 5.74) is 7.50. The summed E-state index contributed by atoms with van der Waals surface area (Å²) in [6.07, 6.45) is 4.96. The molecule has 1 atom stereocenters. The molecule has 0 spiro atoms. The maximum absolute atomic E-state index is 12.4. The monoisotopic (exact) mass is 340 g/mol. The zero-order valence-corrected chi connectivity index (χ0v) is 14.8. The highest BCUT2D eigenvalue weighted by atomic mass is 35.5. The van der Waals surface area contributed by atoms with Crippen molar-refractivity contribution in [3.8, 4) is 0 Å². The molecule has 4 nitrogen and oxygen atoms in total. The Kier molecular flexibility index (Phi) is 9.22. The number of ether oxygens (including phenoxy) is 1. The lowest BCUT2D eigenvalue weighted by atomic mass is 9.91. The smallest absolute Gasteiger partial charge is 0.239 e. The second kappa shape index (κ2) is 10.6. The first-order chi connectivity index (χ1) is 10.7. The third-order valence-corrected chi connectivity index (χ3v) is 4.49. The van der Waals surface area contributed by atoms with E-state index in [0.29, 0.717) is 0 Å². The van der Waals surface area contributed by atoms with Gasteiger partial charge in [0.15, 0.2) is 0 Å². The molecular formula is C18H29ClN2O2. The molecule has 130 valence electrons. The van der Waals surface area contributed by atoms with Crippen molar-refractivity contribution < 1.29 is 9.53 Å². The molecule has 1 saturated heterocycles. The highest BCUT2D eigenvalue weighted by Crippen LogP contribution is 2.18. The van der Waals surface area contributed by atoms with E-state index in [-0.39, 0.29) is 30.3 Å². The Labute approximate surface area is 145 Å². The maximum atomic E-state index is 12.4. The number of carbonyl (C=O) groups is 1. The number of amides is 1. The summed E-state index contributed by atoms with van der Waals surface area (Å²) in [5.74, 6) is 0.347. The Bertz CT molecular complexity index is 450. The molecular weight excluding hydrogens is 312 g/mol. The molecule has 1 unspecified atom stereocenters. The number of nitrogens with zero attached hydrogens (tertiary/aromatic N) is 1. The van der Waals surface area contributed by atoms with Gasteiger partial charge in [-0.05, 0) is 43.6 Å². The van der Waals surface area contributed by atoms with Crippen LogP contribution in [0.15, 0.2) is 30.3 Å². The lowest BCUT2D eigenvalue weighted by Crippen LogP contribution is -2.48. The number of nitrogens with two attached hydrogens (primary N) is 1. The predicted molar refractivity (Wildman–Crippen MR) is 95.8 cm³/mol. The summed E-state index contributed by atoms with van der Waals surface area (Å²) in [7, 11) is 1.87. The van der Waals surface area contributed by atoms with Crippen molar-refractivity contribution in [1.82, 2.24) is 4.90 Å². The van der Waals surface area contributed by atoms with Gasteiger partial charge in [0.1, 0.15) is 0 Å². The minimum atomic E-state index is -0.372. The molecule has 0 bridgehead atoms. The molecule has 1 amide bonds. The number of rotatable bonds is 7. The highest BCUT2D eigenvalue weighted by molar-refractivity contribution is 5.85. The van der Waals surface area contributed by atoms with Crippen molar-refractivity contribution in [2.24, 2.45) is 11.7 Å². The van der Waals surface area contributed by atoms with Crippen LogP contribution in [0.5, 0.6) is 0 Å². The average molecular weight is 341 g/mol. The van der Waals surface area contributed by atoms with Gasteiger partial charge in [0, 0.05) is 26.8 Å². The van der Waals surface area contributed by atoms with E-state index in [1.54, 1.807) is 4.90 Å². The molecule has 5 heteroatoms. The van der Waals surface area contributed by atoms with Crippen LogP contribution in [-0.2, 0) is 16.0 Å². The van der Waals surface area contributed by atoms with E-state index >= 15 is 0 Å². The molecule has 0 radical (unpaired) electrons. The third-order valence-electron chi connectivity index (χ3n) is 4.49. The minimum absolute atomic E-state index is 0. The van der Waals surface area contributed by atoms with Crippen LogP contribution in [0.4, 0.5) is 0 Å². The van der Waals surface area contributed by atoms with Gasteiger partial charge in [-0.15, -0.1) is 12.4 Å². The van der Waals surface area contributed by atoms with Gasteiger partial charge in [0.25, 0.3) is 0 Å². The Hall–Kier alpha value is -1.10. The Balaban J connectivity index is 0.00000264. The van der Waals surface area contributed by atoms with Crippen molar-refractivity contribution in [3.63, 3.8) is 0 Å². The molecule has 1 heterocycles. The Morgan fingerprint density at radius 2 is 1.91 bits per heavy atom. The molecule has 1 aromatic rings. The summed E-state index contributed by atoms with van der Waals surface area (Å²) in [6, 6.07) is 10.1. The Morgan fingerprint density at radius 3 is 2.57 bits per heavy atom. The van der Waals surface area contributed by atoms with E-state index in [1.165, 1.54) is 5.56 Å². The number of benzene rings is 1. The van der Waals surface area contributed by atoms with Crippen LogP contribution in [0, 0.1) is 5.92 Å². The number of hydrogen-bond acceptors (Lipinski definition) is 3. The normalized spacial score (nSPS) is 16.4. The van der Waals surface area contributed by atoms with E-state index in [9.17, 15) is 4.79 Å². The summed E-state index contributed by atoms with van der Waals surface area (Å²) in [5, 5.41) is 0. The molecule has 1 aliphatic rings. The van der Waals surface area contributed by atoms with Crippen LogP contribution in [0.3, 0.4) is 0 Å². The Morgan fingerprint density at radius 1 is 1.26 bits per heavy atom. The SMILES string of the molecule is CN(CCCCc1ccccc1)C(=O)C(N)C1CCOCC1.Cl. The second-order valence-electron chi connectivity index (χ2n) is 6.18. The quantitative estimate of drug-likeness (QED) is 0.776. The van der Waals surface area contributed by atoms with E-state index in [1.807, 2.05) is 13.1 Å². The van der Waals surface area contributed by atoms with Gasteiger partial charge in [0.2, 0.25) is 5.91 Å². The van der Waals surface area contributed by atoms with Crippen molar-refractivity contribution in [2.45, 2.75) is 38.1 Å². The van der Waals surface area contributed by atoms with E-state index in [0.717, 1.165) is 51.9 Å². The first kappa shape index (κ1) is 19.9. The van der Waals surface area contributed by atoms with Crippen LogP contribution < -0.4 is 5.73 Å². The zero-order chi connectivity index (χ0) is 15.8. The zero-order valence-electron chi connectivity index (χ0n) is 13.9. The highest BCUT2D eigenvalue weighted by Gasteiger charge is 2.28. The summed E-state index contributed by atoms with van der Waals surface area (Å²) in [4.78, 5) is 14.2. The van der Waals surface area contributed by atoms with Crippen LogP contribution in [0.2, 0.25) is 0 Å². The lowest BCUT2D eigenvalue weighted by Gasteiger charge is -2.29. The maximum Gasteiger partial charge on any atom is 0.239 e. The van der Waals surface area contributed by atoms with Crippen molar-refractivity contribution >= 4 is 18.3 Å². The molecule has 0 aromatic heterocycles. The minimum Gasteiger partial charge on any atom is -0.381 e. The van der Waals surface area contributed by atoms with E-state index in [2.05, 4.69) is 24.3 Å². The summed E-state index contributed by atoms with van der Waals surface area (Å²) >= 11 is 0. The number of halogens is 1. The van der Waals surface area contributed by atoms with E-state index < -0.39 is 0 Å². The van der Waals surface area contributed by atoms with Gasteiger partial charge in [-0.1, -0.05) is 30.3 Å². The van der Waals surface area contributed by atoms with E-state index in [4.69, 9.17) is 10.5 Å². The van der Waals surface area contributed by atoms with Gasteiger partial charge >= 0.3 is 0 Å². The van der Waals surface area contributed by atoms with Gasteiger partial charge in [-0.3, -0.25) is 4.79 Å². The number of unbranched alkanes of at least 4 members (excludes halogenated alkanes) is 1. The van der Waals surface area contributed by atoms with Crippen LogP contribution >= 0.6 is 12.4 Å². The largest absolute Gasteiger partial charge is 0.381 e. The summed E-state index contributed by atoms with van der Waals surface area (Å²) in [6.45, 7) is 2.24. The van der Waals surface area contributed by atoms with Gasteiger partial charge in [-0.25, -0.2) is 0 Å². The first-order valence-corrected chi connectivity index (χ1v) is 8.30. The topological polar surface area (TPSA) is 55.6 Å². The summed E-state index contributed by atoms with van der Waals surface area (Å²) < 4.78 is 5.33. The number of hydrogen-bond donors (Lipinski definition) is 1. The lowest BCUT2D eigenvalue weighted by molar-refractivity contribution is -0.133. The van der Waals surface area contributed by atoms with Gasteiger partial charge in [0.05, 0.1) is 6.04 Å². The van der Waals surface area contributed by atoms with Crippen molar-refractivity contribution in [3.05, 3.63) is 35.9 Å². The first-order valence-electron chi connectivity index (χ1n) is 8.30. The molecule has 2 N–H and O–H groups in total. The molecule has 0 aliphatic carbocycles. The fourth-order valence-electron chi connectivity index (χ4n) is 2.96. The van der Waals surface area contributed by atoms with Crippen LogP contribution in [0.1, 0.15) is 31.2 Å². The molecule has 1 aliphatic heterocycles. The molecule has 1 aromatic carbocycles.